The van der Waals surface area contributed by atoms with Gasteiger partial charge in [0.25, 0.3) is 0 Å². The molecule has 0 radical (unpaired) electrons. The topological polar surface area (TPSA) is 98.7 Å². The third kappa shape index (κ3) is 4.49. The monoisotopic (exact) mass is 334 g/mol. The lowest BCUT2D eigenvalue weighted by Gasteiger charge is -2.17. The van der Waals surface area contributed by atoms with Crippen molar-refractivity contribution in [2.45, 2.75) is 19.1 Å². The average molecular weight is 335 g/mol. The van der Waals surface area contributed by atoms with E-state index in [4.69, 9.17) is 5.11 Å². The Morgan fingerprint density at radius 3 is 2.53 bits per heavy atom. The van der Waals surface area contributed by atoms with Gasteiger partial charge in [0.2, 0.25) is 0 Å². The number of nitrogens with one attached hydrogen (secondary N) is 2. The fourth-order valence-electron chi connectivity index (χ4n) is 1.27. The van der Waals surface area contributed by atoms with Crippen LogP contribution in [0, 0.1) is 5.82 Å². The molecule has 0 saturated heterocycles. The third-order valence-electron chi connectivity index (χ3n) is 2.21. The van der Waals surface area contributed by atoms with Crippen molar-refractivity contribution in [2.75, 3.05) is 5.32 Å². The first kappa shape index (κ1) is 15.4. The number of aliphatic hydroxyl groups excluding tert-OH is 1. The molecule has 2 amide bonds. The Morgan fingerprint density at radius 1 is 1.42 bits per heavy atom. The van der Waals surface area contributed by atoms with Crippen molar-refractivity contribution in [3.05, 3.63) is 28.5 Å². The lowest BCUT2D eigenvalue weighted by molar-refractivity contribution is -0.141. The number of hydrogen-bond donors (Lipinski definition) is 4. The summed E-state index contributed by atoms with van der Waals surface area (Å²) in [6.45, 7) is 1.23. The fraction of sp³-hybridized carbons (Fsp3) is 0.273. The molecule has 0 aliphatic rings. The van der Waals surface area contributed by atoms with Crippen molar-refractivity contribution in [1.29, 1.82) is 0 Å². The number of rotatable bonds is 4. The summed E-state index contributed by atoms with van der Waals surface area (Å²) < 4.78 is 13.4. The van der Waals surface area contributed by atoms with E-state index in [0.29, 0.717) is 0 Å². The van der Waals surface area contributed by atoms with Gasteiger partial charge in [-0.2, -0.15) is 0 Å². The van der Waals surface area contributed by atoms with E-state index in [1.54, 1.807) is 0 Å². The number of amides is 2. The lowest BCUT2D eigenvalue weighted by Crippen LogP contribution is -2.49. The zero-order valence-corrected chi connectivity index (χ0v) is 11.4. The van der Waals surface area contributed by atoms with E-state index in [-0.39, 0.29) is 10.2 Å². The van der Waals surface area contributed by atoms with Gasteiger partial charge < -0.3 is 20.8 Å². The summed E-state index contributed by atoms with van der Waals surface area (Å²) in [4.78, 5) is 22.3. The number of urea groups is 1. The molecular formula is C11H12BrFN2O4. The number of halogens is 2. The zero-order chi connectivity index (χ0) is 14.6. The minimum absolute atomic E-state index is 0.160. The van der Waals surface area contributed by atoms with Gasteiger partial charge in [-0.15, -0.1) is 0 Å². The predicted octanol–water partition coefficient (Wildman–Crippen LogP) is 1.54. The number of aliphatic carboxylic acids is 1. The van der Waals surface area contributed by atoms with Gasteiger partial charge in [-0.3, -0.25) is 0 Å². The molecule has 0 heterocycles. The summed E-state index contributed by atoms with van der Waals surface area (Å²) in [5.74, 6) is -1.93. The summed E-state index contributed by atoms with van der Waals surface area (Å²) in [6.07, 6.45) is -1.26. The van der Waals surface area contributed by atoms with E-state index in [9.17, 15) is 19.1 Å². The zero-order valence-electron chi connectivity index (χ0n) is 9.85. The molecule has 0 unspecified atom stereocenters. The number of hydrogen-bond acceptors (Lipinski definition) is 3. The van der Waals surface area contributed by atoms with Gasteiger partial charge in [-0.25, -0.2) is 14.0 Å². The molecule has 0 aliphatic carbocycles. The molecular weight excluding hydrogens is 323 g/mol. The quantitative estimate of drug-likeness (QED) is 0.671. The third-order valence-corrected chi connectivity index (χ3v) is 2.86. The van der Waals surface area contributed by atoms with Crippen LogP contribution in [-0.4, -0.2) is 34.4 Å². The predicted molar refractivity (Wildman–Crippen MR) is 69.4 cm³/mol. The van der Waals surface area contributed by atoms with Crippen molar-refractivity contribution in [2.24, 2.45) is 0 Å². The van der Waals surface area contributed by atoms with Gasteiger partial charge in [0.05, 0.1) is 10.6 Å². The molecule has 1 aromatic carbocycles. The number of carbonyl (C=O) groups is 2. The highest BCUT2D eigenvalue weighted by molar-refractivity contribution is 9.10. The van der Waals surface area contributed by atoms with Gasteiger partial charge in [0, 0.05) is 5.69 Å². The van der Waals surface area contributed by atoms with Crippen molar-refractivity contribution >= 4 is 33.6 Å². The first-order valence-electron chi connectivity index (χ1n) is 5.24. The Bertz CT molecular complexity index is 496. The van der Waals surface area contributed by atoms with Crippen LogP contribution in [0.15, 0.2) is 22.7 Å². The van der Waals surface area contributed by atoms with E-state index in [2.05, 4.69) is 26.6 Å². The van der Waals surface area contributed by atoms with Crippen molar-refractivity contribution in [3.8, 4) is 0 Å². The SMILES string of the molecule is C[C@@H](O)[C@H](NC(=O)Nc1ccc(Br)c(F)c1)C(=O)O. The van der Waals surface area contributed by atoms with E-state index >= 15 is 0 Å². The summed E-state index contributed by atoms with van der Waals surface area (Å²) in [5, 5.41) is 22.3. The second-order valence-electron chi connectivity index (χ2n) is 3.78. The van der Waals surface area contributed by atoms with Crippen LogP contribution in [0.1, 0.15) is 6.92 Å². The van der Waals surface area contributed by atoms with Crippen LogP contribution in [0.25, 0.3) is 0 Å². The molecule has 1 rings (SSSR count). The Kier molecular flexibility index (Phi) is 5.25. The molecule has 104 valence electrons. The van der Waals surface area contributed by atoms with Crippen LogP contribution in [-0.2, 0) is 4.79 Å². The molecule has 0 spiro atoms. The maximum absolute atomic E-state index is 13.2. The van der Waals surface area contributed by atoms with E-state index in [0.717, 1.165) is 6.07 Å². The molecule has 0 saturated carbocycles. The lowest BCUT2D eigenvalue weighted by atomic mass is 10.2. The average Bonchev–Trinajstić information content (AvgIpc) is 2.30. The molecule has 1 aromatic rings. The van der Waals surface area contributed by atoms with Crippen molar-refractivity contribution < 1.29 is 24.2 Å². The molecule has 0 aromatic heterocycles. The van der Waals surface area contributed by atoms with E-state index < -0.39 is 30.0 Å². The first-order valence-corrected chi connectivity index (χ1v) is 6.04. The second-order valence-corrected chi connectivity index (χ2v) is 4.64. The minimum atomic E-state index is -1.44. The van der Waals surface area contributed by atoms with Crippen LogP contribution in [0.3, 0.4) is 0 Å². The standard InChI is InChI=1S/C11H12BrFN2O4/c1-5(16)9(10(17)18)15-11(19)14-6-2-3-7(12)8(13)4-6/h2-5,9,16H,1H3,(H,17,18)(H2,14,15,19)/t5-,9+/m1/s1. The Hall–Kier alpha value is -1.67. The highest BCUT2D eigenvalue weighted by Crippen LogP contribution is 2.19. The fourth-order valence-corrected chi connectivity index (χ4v) is 1.52. The molecule has 4 N–H and O–H groups in total. The van der Waals surface area contributed by atoms with Crippen LogP contribution < -0.4 is 10.6 Å². The van der Waals surface area contributed by atoms with E-state index in [1.165, 1.54) is 19.1 Å². The highest BCUT2D eigenvalue weighted by atomic mass is 79.9. The molecule has 2 atom stereocenters. The number of carbonyl (C=O) groups excluding carboxylic acids is 1. The molecule has 0 bridgehead atoms. The largest absolute Gasteiger partial charge is 0.480 e. The maximum Gasteiger partial charge on any atom is 0.328 e. The maximum atomic E-state index is 13.2. The summed E-state index contributed by atoms with van der Waals surface area (Å²) in [6, 6.07) is 1.61. The minimum Gasteiger partial charge on any atom is -0.480 e. The van der Waals surface area contributed by atoms with Gasteiger partial charge in [-0.1, -0.05) is 0 Å². The van der Waals surface area contributed by atoms with Crippen LogP contribution in [0.5, 0.6) is 0 Å². The molecule has 19 heavy (non-hydrogen) atoms. The number of carboxylic acid groups (broad SMARTS) is 1. The first-order chi connectivity index (χ1) is 8.81. The van der Waals surface area contributed by atoms with Gasteiger partial charge in [-0.05, 0) is 41.1 Å². The normalized spacial score (nSPS) is 13.5. The highest BCUT2D eigenvalue weighted by Gasteiger charge is 2.24. The smallest absolute Gasteiger partial charge is 0.328 e. The van der Waals surface area contributed by atoms with Crippen molar-refractivity contribution in [3.63, 3.8) is 0 Å². The molecule has 0 aliphatic heterocycles. The Morgan fingerprint density at radius 2 is 2.05 bits per heavy atom. The molecule has 6 nitrogen and oxygen atoms in total. The van der Waals surface area contributed by atoms with Crippen LogP contribution in [0.4, 0.5) is 14.9 Å². The van der Waals surface area contributed by atoms with Crippen molar-refractivity contribution in [1.82, 2.24) is 5.32 Å². The number of benzene rings is 1. The summed E-state index contributed by atoms with van der Waals surface area (Å²) in [7, 11) is 0. The molecule has 0 fully saturated rings. The van der Waals surface area contributed by atoms with Crippen LogP contribution in [0.2, 0.25) is 0 Å². The van der Waals surface area contributed by atoms with E-state index in [1.807, 2.05) is 0 Å². The van der Waals surface area contributed by atoms with Gasteiger partial charge in [0.1, 0.15) is 5.82 Å². The Balaban J connectivity index is 2.69. The van der Waals surface area contributed by atoms with Crippen LogP contribution >= 0.6 is 15.9 Å². The van der Waals surface area contributed by atoms with Gasteiger partial charge >= 0.3 is 12.0 Å². The Labute approximate surface area is 116 Å². The summed E-state index contributed by atoms with van der Waals surface area (Å²) >= 11 is 2.96. The number of aliphatic hydroxyl groups is 1. The van der Waals surface area contributed by atoms with Gasteiger partial charge in [0.15, 0.2) is 6.04 Å². The molecule has 8 heteroatoms. The summed E-state index contributed by atoms with van der Waals surface area (Å²) in [5.41, 5.74) is 0.160. The number of anilines is 1. The number of carboxylic acids is 1. The second kappa shape index (κ2) is 6.48.